The molecule has 0 aromatic heterocycles. The second-order valence-electron chi connectivity index (χ2n) is 5.04. The summed E-state index contributed by atoms with van der Waals surface area (Å²) in [6.45, 7) is 2.93. The van der Waals surface area contributed by atoms with Gasteiger partial charge in [0.05, 0.1) is 26.9 Å². The third-order valence-corrected chi connectivity index (χ3v) is 3.65. The van der Waals surface area contributed by atoms with Gasteiger partial charge >= 0.3 is 5.97 Å². The van der Waals surface area contributed by atoms with Gasteiger partial charge in [0.1, 0.15) is 6.04 Å². The molecule has 2 heterocycles. The number of esters is 1. The number of amides is 1. The summed E-state index contributed by atoms with van der Waals surface area (Å²) in [5.74, 6) is -0.420. The second kappa shape index (κ2) is 7.56. The number of carbonyl (C=O) groups excluding carboxylic acids is 2. The van der Waals surface area contributed by atoms with Crippen LogP contribution in [0.15, 0.2) is 0 Å². The van der Waals surface area contributed by atoms with Crippen LogP contribution in [0.2, 0.25) is 0 Å². The Morgan fingerprint density at radius 2 is 2.00 bits per heavy atom. The van der Waals surface area contributed by atoms with Crippen molar-refractivity contribution in [2.24, 2.45) is 0 Å². The molecule has 0 aromatic carbocycles. The molecule has 0 aliphatic carbocycles. The summed E-state index contributed by atoms with van der Waals surface area (Å²) in [5.41, 5.74) is 0. The number of nitrogens with one attached hydrogen (secondary N) is 1. The van der Waals surface area contributed by atoms with Crippen LogP contribution in [-0.4, -0.2) is 75.5 Å². The second-order valence-corrected chi connectivity index (χ2v) is 5.04. The Hall–Kier alpha value is -1.18. The molecule has 0 bridgehead atoms. The van der Waals surface area contributed by atoms with E-state index in [2.05, 4.69) is 5.32 Å². The Balaban J connectivity index is 1.82. The quantitative estimate of drug-likeness (QED) is 0.679. The minimum absolute atomic E-state index is 0.0623. The monoisotopic (exact) mass is 286 g/mol. The van der Waals surface area contributed by atoms with Crippen molar-refractivity contribution in [1.29, 1.82) is 0 Å². The van der Waals surface area contributed by atoms with Gasteiger partial charge in [-0.05, 0) is 12.8 Å². The standard InChI is InChI=1S/C13H22N2O5/c1-18-13(17)11-9-20-7-4-15(11)8-12(16)14-10-2-5-19-6-3-10/h10-11H,2-9H2,1H3,(H,14,16). The Morgan fingerprint density at radius 1 is 1.25 bits per heavy atom. The lowest BCUT2D eigenvalue weighted by atomic mass is 10.1. The summed E-state index contributed by atoms with van der Waals surface area (Å²) >= 11 is 0. The molecular weight excluding hydrogens is 264 g/mol. The zero-order valence-corrected chi connectivity index (χ0v) is 11.8. The van der Waals surface area contributed by atoms with Gasteiger partial charge in [-0.1, -0.05) is 0 Å². The molecule has 2 aliphatic rings. The molecule has 1 amide bonds. The van der Waals surface area contributed by atoms with E-state index in [9.17, 15) is 9.59 Å². The number of morpholine rings is 1. The first-order chi connectivity index (χ1) is 9.70. The summed E-state index contributed by atoms with van der Waals surface area (Å²) in [5, 5.41) is 2.99. The Kier molecular flexibility index (Phi) is 5.75. The van der Waals surface area contributed by atoms with Crippen molar-refractivity contribution in [2.45, 2.75) is 24.9 Å². The molecule has 1 unspecified atom stereocenters. The molecular formula is C13H22N2O5. The normalized spacial score (nSPS) is 25.1. The molecule has 0 spiro atoms. The first kappa shape index (κ1) is 15.2. The van der Waals surface area contributed by atoms with E-state index in [0.717, 1.165) is 12.8 Å². The Bertz CT molecular complexity index is 344. The van der Waals surface area contributed by atoms with Gasteiger partial charge in [-0.2, -0.15) is 0 Å². The van der Waals surface area contributed by atoms with Crippen molar-refractivity contribution >= 4 is 11.9 Å². The topological polar surface area (TPSA) is 77.1 Å². The van der Waals surface area contributed by atoms with E-state index in [1.165, 1.54) is 7.11 Å². The predicted molar refractivity (Wildman–Crippen MR) is 70.2 cm³/mol. The van der Waals surface area contributed by atoms with Crippen LogP contribution in [0.4, 0.5) is 0 Å². The summed E-state index contributed by atoms with van der Waals surface area (Å²) in [6.07, 6.45) is 1.69. The van der Waals surface area contributed by atoms with Crippen molar-refractivity contribution < 1.29 is 23.8 Å². The number of nitrogens with zero attached hydrogens (tertiary/aromatic N) is 1. The predicted octanol–water partition coefficient (Wildman–Crippen LogP) is -0.845. The molecule has 2 fully saturated rings. The number of rotatable bonds is 4. The molecule has 7 heteroatoms. The van der Waals surface area contributed by atoms with Crippen molar-refractivity contribution in [1.82, 2.24) is 10.2 Å². The number of ether oxygens (including phenoxy) is 3. The van der Waals surface area contributed by atoms with E-state index in [1.54, 1.807) is 0 Å². The molecule has 2 rings (SSSR count). The minimum Gasteiger partial charge on any atom is -0.468 e. The molecule has 2 aliphatic heterocycles. The van der Waals surface area contributed by atoms with Crippen LogP contribution in [-0.2, 0) is 23.8 Å². The zero-order valence-electron chi connectivity index (χ0n) is 11.8. The Labute approximate surface area is 118 Å². The summed E-state index contributed by atoms with van der Waals surface area (Å²) in [4.78, 5) is 25.5. The lowest BCUT2D eigenvalue weighted by molar-refractivity contribution is -0.154. The fourth-order valence-corrected chi connectivity index (χ4v) is 2.48. The van der Waals surface area contributed by atoms with Gasteiger partial charge in [0, 0.05) is 25.8 Å². The molecule has 1 N–H and O–H groups in total. The van der Waals surface area contributed by atoms with Gasteiger partial charge in [-0.3, -0.25) is 14.5 Å². The van der Waals surface area contributed by atoms with Gasteiger partial charge < -0.3 is 19.5 Å². The van der Waals surface area contributed by atoms with Gasteiger partial charge in [0.15, 0.2) is 0 Å². The number of methoxy groups -OCH3 is 1. The molecule has 114 valence electrons. The molecule has 2 saturated heterocycles. The highest BCUT2D eigenvalue weighted by molar-refractivity contribution is 5.80. The SMILES string of the molecule is COC(=O)C1COCCN1CC(=O)NC1CCOCC1. The molecule has 0 radical (unpaired) electrons. The van der Waals surface area contributed by atoms with Crippen molar-refractivity contribution in [3.8, 4) is 0 Å². The van der Waals surface area contributed by atoms with E-state index in [1.807, 2.05) is 4.90 Å². The number of carbonyl (C=O) groups is 2. The highest BCUT2D eigenvalue weighted by Gasteiger charge is 2.31. The first-order valence-corrected chi connectivity index (χ1v) is 6.97. The Morgan fingerprint density at radius 3 is 2.70 bits per heavy atom. The van der Waals surface area contributed by atoms with E-state index in [0.29, 0.717) is 26.4 Å². The van der Waals surface area contributed by atoms with Gasteiger partial charge in [-0.25, -0.2) is 0 Å². The van der Waals surface area contributed by atoms with Crippen molar-refractivity contribution in [3.05, 3.63) is 0 Å². The van der Waals surface area contributed by atoms with Crippen molar-refractivity contribution in [3.63, 3.8) is 0 Å². The third kappa shape index (κ3) is 4.16. The maximum atomic E-state index is 12.0. The van der Waals surface area contributed by atoms with Crippen LogP contribution < -0.4 is 5.32 Å². The molecule has 7 nitrogen and oxygen atoms in total. The van der Waals surface area contributed by atoms with Gasteiger partial charge in [0.25, 0.3) is 0 Å². The average molecular weight is 286 g/mol. The highest BCUT2D eigenvalue weighted by Crippen LogP contribution is 2.09. The van der Waals surface area contributed by atoms with Gasteiger partial charge in [0.2, 0.25) is 5.91 Å². The molecule has 20 heavy (non-hydrogen) atoms. The summed E-state index contributed by atoms with van der Waals surface area (Å²) in [7, 11) is 1.34. The average Bonchev–Trinajstić information content (AvgIpc) is 2.48. The van der Waals surface area contributed by atoms with E-state index < -0.39 is 6.04 Å². The maximum Gasteiger partial charge on any atom is 0.325 e. The summed E-state index contributed by atoms with van der Waals surface area (Å²) < 4.78 is 15.3. The molecule has 0 aromatic rings. The lowest BCUT2D eigenvalue weighted by Crippen LogP contribution is -2.54. The fourth-order valence-electron chi connectivity index (χ4n) is 2.48. The van der Waals surface area contributed by atoms with Crippen LogP contribution in [0.5, 0.6) is 0 Å². The largest absolute Gasteiger partial charge is 0.468 e. The van der Waals surface area contributed by atoms with Gasteiger partial charge in [-0.15, -0.1) is 0 Å². The van der Waals surface area contributed by atoms with Crippen molar-refractivity contribution in [2.75, 3.05) is 46.6 Å². The summed E-state index contributed by atoms with van der Waals surface area (Å²) in [6, 6.07) is -0.317. The molecule has 1 atom stereocenters. The highest BCUT2D eigenvalue weighted by atomic mass is 16.5. The third-order valence-electron chi connectivity index (χ3n) is 3.65. The molecule has 0 saturated carbocycles. The lowest BCUT2D eigenvalue weighted by Gasteiger charge is -2.33. The van der Waals surface area contributed by atoms with E-state index in [4.69, 9.17) is 14.2 Å². The van der Waals surface area contributed by atoms with Crippen LogP contribution in [0.3, 0.4) is 0 Å². The van der Waals surface area contributed by atoms with E-state index >= 15 is 0 Å². The number of hydrogen-bond donors (Lipinski definition) is 1. The van der Waals surface area contributed by atoms with E-state index in [-0.39, 0.29) is 31.1 Å². The fraction of sp³-hybridized carbons (Fsp3) is 0.846. The van der Waals surface area contributed by atoms with Crippen LogP contribution >= 0.6 is 0 Å². The smallest absolute Gasteiger partial charge is 0.325 e. The van der Waals surface area contributed by atoms with Crippen LogP contribution in [0.25, 0.3) is 0 Å². The zero-order chi connectivity index (χ0) is 14.4. The first-order valence-electron chi connectivity index (χ1n) is 6.97. The van der Waals surface area contributed by atoms with Crippen LogP contribution in [0.1, 0.15) is 12.8 Å². The minimum atomic E-state index is -0.491. The maximum absolute atomic E-state index is 12.0. The number of hydrogen-bond acceptors (Lipinski definition) is 6. The van der Waals surface area contributed by atoms with Crippen LogP contribution in [0, 0.1) is 0 Å².